The van der Waals surface area contributed by atoms with Gasteiger partial charge in [-0.1, -0.05) is 11.6 Å². The maximum atomic E-state index is 12.4. The number of pyridine rings is 1. The number of hydrogen-bond acceptors (Lipinski definition) is 3. The smallest absolute Gasteiger partial charge is 0.339 e. The molecule has 14 heavy (non-hydrogen) atoms. The third-order valence-electron chi connectivity index (χ3n) is 1.55. The highest BCUT2D eigenvalue weighted by Crippen LogP contribution is 2.27. The molecule has 0 aliphatic carbocycles. The van der Waals surface area contributed by atoms with Crippen molar-refractivity contribution in [2.75, 3.05) is 7.11 Å². The monoisotopic (exact) mass is 221 g/mol. The van der Waals surface area contributed by atoms with Crippen LogP contribution < -0.4 is 0 Å². The normalized spacial score (nSPS) is 10.4. The molecule has 0 saturated carbocycles. The molecule has 0 saturated heterocycles. The van der Waals surface area contributed by atoms with Crippen LogP contribution in [-0.4, -0.2) is 18.1 Å². The van der Waals surface area contributed by atoms with E-state index < -0.39 is 18.0 Å². The standard InChI is InChI=1S/C8H6ClF2NO2/c1-14-8(13)6-4(7(10)11)2-12-3-5(6)9/h2-3,7H,1H3. The van der Waals surface area contributed by atoms with Gasteiger partial charge < -0.3 is 4.74 Å². The molecule has 6 heteroatoms. The van der Waals surface area contributed by atoms with E-state index in [1.54, 1.807) is 0 Å². The van der Waals surface area contributed by atoms with Gasteiger partial charge in [0.05, 0.1) is 23.3 Å². The average molecular weight is 222 g/mol. The Balaban J connectivity index is 3.29. The Labute approximate surface area is 83.7 Å². The first-order valence-electron chi connectivity index (χ1n) is 3.57. The predicted molar refractivity (Wildman–Crippen MR) is 45.5 cm³/mol. The van der Waals surface area contributed by atoms with E-state index in [9.17, 15) is 13.6 Å². The summed E-state index contributed by atoms with van der Waals surface area (Å²) in [6, 6.07) is 0. The molecule has 76 valence electrons. The molecule has 0 amide bonds. The van der Waals surface area contributed by atoms with Gasteiger partial charge >= 0.3 is 5.97 Å². The second-order valence-corrected chi connectivity index (χ2v) is 2.79. The van der Waals surface area contributed by atoms with Crippen LogP contribution in [0.25, 0.3) is 0 Å². The topological polar surface area (TPSA) is 39.2 Å². The van der Waals surface area contributed by atoms with E-state index in [1.165, 1.54) is 0 Å². The van der Waals surface area contributed by atoms with Crippen LogP contribution in [-0.2, 0) is 4.74 Å². The van der Waals surface area contributed by atoms with Gasteiger partial charge in [0, 0.05) is 12.4 Å². The molecule has 0 atom stereocenters. The Morgan fingerprint density at radius 1 is 1.57 bits per heavy atom. The SMILES string of the molecule is COC(=O)c1c(Cl)cncc1C(F)F. The molecule has 0 aliphatic heterocycles. The summed E-state index contributed by atoms with van der Waals surface area (Å²) in [4.78, 5) is 14.6. The number of methoxy groups -OCH3 is 1. The minimum absolute atomic E-state index is 0.144. The maximum absolute atomic E-state index is 12.4. The highest BCUT2D eigenvalue weighted by Gasteiger charge is 2.22. The van der Waals surface area contributed by atoms with Crippen LogP contribution in [0.1, 0.15) is 22.3 Å². The Morgan fingerprint density at radius 2 is 2.21 bits per heavy atom. The maximum Gasteiger partial charge on any atom is 0.339 e. The van der Waals surface area contributed by atoms with Gasteiger partial charge in [-0.05, 0) is 0 Å². The third kappa shape index (κ3) is 1.98. The molecule has 1 aromatic heterocycles. The van der Waals surface area contributed by atoms with Gasteiger partial charge in [0.2, 0.25) is 0 Å². The molecule has 0 fully saturated rings. The second-order valence-electron chi connectivity index (χ2n) is 2.38. The fraction of sp³-hybridized carbons (Fsp3) is 0.250. The number of esters is 1. The quantitative estimate of drug-likeness (QED) is 0.720. The number of carbonyl (C=O) groups excluding carboxylic acids is 1. The van der Waals surface area contributed by atoms with Crippen molar-refractivity contribution in [3.8, 4) is 0 Å². The fourth-order valence-electron chi connectivity index (χ4n) is 0.933. The summed E-state index contributed by atoms with van der Waals surface area (Å²) in [6.45, 7) is 0. The summed E-state index contributed by atoms with van der Waals surface area (Å²) >= 11 is 5.55. The minimum atomic E-state index is -2.81. The number of aromatic nitrogens is 1. The van der Waals surface area contributed by atoms with Gasteiger partial charge in [-0.25, -0.2) is 13.6 Å². The molecular weight excluding hydrogens is 216 g/mol. The zero-order chi connectivity index (χ0) is 10.7. The first-order chi connectivity index (χ1) is 6.57. The summed E-state index contributed by atoms with van der Waals surface area (Å²) in [5, 5.41) is -0.144. The summed E-state index contributed by atoms with van der Waals surface area (Å²) < 4.78 is 29.1. The number of ether oxygens (including phenoxy) is 1. The van der Waals surface area contributed by atoms with Crippen molar-refractivity contribution in [1.29, 1.82) is 0 Å². The lowest BCUT2D eigenvalue weighted by molar-refractivity contribution is 0.0589. The molecule has 1 aromatic rings. The number of halogens is 3. The molecule has 0 spiro atoms. The lowest BCUT2D eigenvalue weighted by atomic mass is 10.1. The lowest BCUT2D eigenvalue weighted by Gasteiger charge is -2.07. The van der Waals surface area contributed by atoms with Gasteiger partial charge in [0.15, 0.2) is 0 Å². The van der Waals surface area contributed by atoms with E-state index in [0.717, 1.165) is 19.5 Å². The van der Waals surface area contributed by atoms with E-state index in [-0.39, 0.29) is 10.6 Å². The Bertz CT molecular complexity index is 357. The first kappa shape index (κ1) is 10.8. The molecular formula is C8H6ClF2NO2. The van der Waals surface area contributed by atoms with Crippen LogP contribution in [0.4, 0.5) is 8.78 Å². The van der Waals surface area contributed by atoms with Crippen molar-refractivity contribution in [3.63, 3.8) is 0 Å². The van der Waals surface area contributed by atoms with Crippen molar-refractivity contribution >= 4 is 17.6 Å². The molecule has 3 nitrogen and oxygen atoms in total. The zero-order valence-corrected chi connectivity index (χ0v) is 7.89. The van der Waals surface area contributed by atoms with Crippen LogP contribution >= 0.6 is 11.6 Å². The Kier molecular flexibility index (Phi) is 3.35. The van der Waals surface area contributed by atoms with Crippen LogP contribution in [0.2, 0.25) is 5.02 Å². The van der Waals surface area contributed by atoms with Gasteiger partial charge in [-0.15, -0.1) is 0 Å². The Morgan fingerprint density at radius 3 is 2.71 bits per heavy atom. The molecule has 0 N–H and O–H groups in total. The van der Waals surface area contributed by atoms with E-state index in [4.69, 9.17) is 11.6 Å². The minimum Gasteiger partial charge on any atom is -0.465 e. The molecule has 0 aromatic carbocycles. The zero-order valence-electron chi connectivity index (χ0n) is 7.13. The Hall–Kier alpha value is -1.23. The summed E-state index contributed by atoms with van der Waals surface area (Å²) in [5.74, 6) is -0.896. The summed E-state index contributed by atoms with van der Waals surface area (Å²) in [6.07, 6.45) is -0.807. The molecule has 1 heterocycles. The molecule has 0 unspecified atom stereocenters. The fourth-order valence-corrected chi connectivity index (χ4v) is 1.18. The average Bonchev–Trinajstić information content (AvgIpc) is 2.16. The van der Waals surface area contributed by atoms with E-state index in [1.807, 2.05) is 0 Å². The first-order valence-corrected chi connectivity index (χ1v) is 3.95. The van der Waals surface area contributed by atoms with Crippen LogP contribution in [0.5, 0.6) is 0 Å². The number of rotatable bonds is 2. The van der Waals surface area contributed by atoms with Gasteiger partial charge in [-0.2, -0.15) is 0 Å². The summed E-state index contributed by atoms with van der Waals surface area (Å²) in [7, 11) is 1.09. The number of alkyl halides is 2. The summed E-state index contributed by atoms with van der Waals surface area (Å²) in [5.41, 5.74) is -0.858. The lowest BCUT2D eigenvalue weighted by Crippen LogP contribution is -2.07. The van der Waals surface area contributed by atoms with E-state index in [0.29, 0.717) is 0 Å². The van der Waals surface area contributed by atoms with Crippen molar-refractivity contribution in [2.24, 2.45) is 0 Å². The molecule has 0 aliphatic rings. The number of hydrogen-bond donors (Lipinski definition) is 0. The van der Waals surface area contributed by atoms with Crippen molar-refractivity contribution in [2.45, 2.75) is 6.43 Å². The molecule has 0 bridgehead atoms. The van der Waals surface area contributed by atoms with Crippen molar-refractivity contribution < 1.29 is 18.3 Å². The number of carbonyl (C=O) groups is 1. The van der Waals surface area contributed by atoms with Gasteiger partial charge in [0.1, 0.15) is 0 Å². The predicted octanol–water partition coefficient (Wildman–Crippen LogP) is 2.46. The van der Waals surface area contributed by atoms with Crippen LogP contribution in [0.15, 0.2) is 12.4 Å². The number of nitrogens with zero attached hydrogens (tertiary/aromatic N) is 1. The molecule has 1 rings (SSSR count). The van der Waals surface area contributed by atoms with Gasteiger partial charge in [0.25, 0.3) is 6.43 Å². The third-order valence-corrected chi connectivity index (χ3v) is 1.84. The molecule has 0 radical (unpaired) electrons. The van der Waals surface area contributed by atoms with Gasteiger partial charge in [-0.3, -0.25) is 4.98 Å². The van der Waals surface area contributed by atoms with Crippen LogP contribution in [0.3, 0.4) is 0 Å². The van der Waals surface area contributed by atoms with Crippen molar-refractivity contribution in [1.82, 2.24) is 4.98 Å². The van der Waals surface area contributed by atoms with Crippen LogP contribution in [0, 0.1) is 0 Å². The van der Waals surface area contributed by atoms with E-state index in [2.05, 4.69) is 9.72 Å². The highest BCUT2D eigenvalue weighted by atomic mass is 35.5. The largest absolute Gasteiger partial charge is 0.465 e. The van der Waals surface area contributed by atoms with Crippen molar-refractivity contribution in [3.05, 3.63) is 28.5 Å². The van der Waals surface area contributed by atoms with E-state index >= 15 is 0 Å². The highest BCUT2D eigenvalue weighted by molar-refractivity contribution is 6.33. The second kappa shape index (κ2) is 4.32.